The summed E-state index contributed by atoms with van der Waals surface area (Å²) in [6, 6.07) is 22.6. The molecule has 0 atom stereocenters. The number of amides is 1. The maximum Gasteiger partial charge on any atom is 0.407 e. The number of hydrogen-bond acceptors (Lipinski definition) is 3. The van der Waals surface area contributed by atoms with E-state index in [-0.39, 0.29) is 24.8 Å². The van der Waals surface area contributed by atoms with Crippen molar-refractivity contribution >= 4 is 6.09 Å². The van der Waals surface area contributed by atoms with E-state index in [1.54, 1.807) is 18.2 Å². The number of alkyl halides is 2. The molecule has 162 valence electrons. The molecule has 0 unspecified atom stereocenters. The van der Waals surface area contributed by atoms with Gasteiger partial charge in [0.1, 0.15) is 12.4 Å². The fourth-order valence-electron chi connectivity index (χ4n) is 3.80. The van der Waals surface area contributed by atoms with Gasteiger partial charge in [0.05, 0.1) is 5.56 Å². The fourth-order valence-corrected chi connectivity index (χ4v) is 3.80. The molecule has 0 saturated carbocycles. The van der Waals surface area contributed by atoms with Crippen molar-refractivity contribution in [2.45, 2.75) is 19.0 Å². The van der Waals surface area contributed by atoms with Crippen molar-refractivity contribution in [3.05, 3.63) is 89.5 Å². The van der Waals surface area contributed by atoms with Crippen molar-refractivity contribution in [3.63, 3.8) is 0 Å². The number of hydrogen-bond donors (Lipinski definition) is 1. The van der Waals surface area contributed by atoms with E-state index in [0.29, 0.717) is 12.0 Å². The van der Waals surface area contributed by atoms with Gasteiger partial charge in [-0.05, 0) is 34.4 Å². The van der Waals surface area contributed by atoms with E-state index in [4.69, 9.17) is 4.74 Å². The largest absolute Gasteiger partial charge is 0.449 e. The highest BCUT2D eigenvalue weighted by atomic mass is 19.3. The van der Waals surface area contributed by atoms with Crippen LogP contribution in [0.4, 0.5) is 13.6 Å². The Hall–Kier alpha value is -3.85. The number of para-hydroxylation sites is 1. The number of ether oxygens (including phenoxy) is 2. The van der Waals surface area contributed by atoms with Gasteiger partial charge in [-0.25, -0.2) is 4.79 Å². The van der Waals surface area contributed by atoms with Gasteiger partial charge >= 0.3 is 12.7 Å². The first kappa shape index (κ1) is 21.4. The zero-order valence-electron chi connectivity index (χ0n) is 17.2. The Labute approximate surface area is 185 Å². The summed E-state index contributed by atoms with van der Waals surface area (Å²) in [5.41, 5.74) is 5.01. The Bertz CT molecular complexity index is 1120. The summed E-state index contributed by atoms with van der Waals surface area (Å²) >= 11 is 0. The summed E-state index contributed by atoms with van der Waals surface area (Å²) < 4.78 is 34.8. The Morgan fingerprint density at radius 2 is 1.56 bits per heavy atom. The van der Waals surface area contributed by atoms with Gasteiger partial charge in [-0.3, -0.25) is 0 Å². The first-order valence-corrected chi connectivity index (χ1v) is 10.2. The number of nitrogens with one attached hydrogen (secondary N) is 1. The minimum Gasteiger partial charge on any atom is -0.449 e. The first-order chi connectivity index (χ1) is 15.6. The van der Waals surface area contributed by atoms with E-state index < -0.39 is 12.7 Å². The molecular formula is C26H21F2NO3. The third-order valence-corrected chi connectivity index (χ3v) is 5.19. The predicted octanol–water partition coefficient (Wildman–Crippen LogP) is 5.57. The van der Waals surface area contributed by atoms with E-state index in [1.807, 2.05) is 24.3 Å². The quantitative estimate of drug-likeness (QED) is 0.409. The van der Waals surface area contributed by atoms with Crippen LogP contribution in [0.15, 0.2) is 72.8 Å². The van der Waals surface area contributed by atoms with Crippen LogP contribution in [-0.2, 0) is 4.74 Å². The molecule has 0 heterocycles. The fraction of sp³-hybridized carbons (Fsp3) is 0.192. The molecule has 0 bridgehead atoms. The topological polar surface area (TPSA) is 47.6 Å². The molecule has 0 spiro atoms. The lowest BCUT2D eigenvalue weighted by Gasteiger charge is -2.14. The molecule has 32 heavy (non-hydrogen) atoms. The molecule has 1 aliphatic carbocycles. The van der Waals surface area contributed by atoms with Gasteiger partial charge in [0.25, 0.3) is 0 Å². The van der Waals surface area contributed by atoms with Crippen molar-refractivity contribution in [2.24, 2.45) is 0 Å². The molecule has 1 N–H and O–H groups in total. The van der Waals surface area contributed by atoms with Crippen LogP contribution in [-0.4, -0.2) is 25.9 Å². The number of carbonyl (C=O) groups excluding carboxylic acids is 1. The van der Waals surface area contributed by atoms with Crippen LogP contribution in [0.5, 0.6) is 5.75 Å². The van der Waals surface area contributed by atoms with Gasteiger partial charge < -0.3 is 14.8 Å². The normalized spacial score (nSPS) is 11.8. The van der Waals surface area contributed by atoms with Gasteiger partial charge in [0.15, 0.2) is 0 Å². The molecule has 1 aliphatic rings. The number of carbonyl (C=O) groups is 1. The van der Waals surface area contributed by atoms with Crippen LogP contribution in [0.25, 0.3) is 11.1 Å². The second-order valence-electron chi connectivity index (χ2n) is 7.18. The highest BCUT2D eigenvalue weighted by Crippen LogP contribution is 2.44. The molecule has 6 heteroatoms. The van der Waals surface area contributed by atoms with Crippen molar-refractivity contribution in [2.75, 3.05) is 13.2 Å². The second kappa shape index (κ2) is 9.97. The highest BCUT2D eigenvalue weighted by Gasteiger charge is 2.28. The molecule has 3 aromatic rings. The molecular weight excluding hydrogens is 412 g/mol. The molecule has 4 rings (SSSR count). The smallest absolute Gasteiger partial charge is 0.407 e. The molecule has 0 radical (unpaired) electrons. The lowest BCUT2D eigenvalue weighted by atomic mass is 9.98. The Morgan fingerprint density at radius 1 is 0.938 bits per heavy atom. The summed E-state index contributed by atoms with van der Waals surface area (Å²) in [4.78, 5) is 12.1. The van der Waals surface area contributed by atoms with Crippen LogP contribution >= 0.6 is 0 Å². The average Bonchev–Trinajstić information content (AvgIpc) is 3.12. The van der Waals surface area contributed by atoms with Crippen LogP contribution in [0.3, 0.4) is 0 Å². The van der Waals surface area contributed by atoms with Crippen LogP contribution in [0.2, 0.25) is 0 Å². The maximum atomic E-state index is 12.4. The summed E-state index contributed by atoms with van der Waals surface area (Å²) in [5, 5.41) is 2.67. The minimum atomic E-state index is -2.91. The van der Waals surface area contributed by atoms with E-state index in [0.717, 1.165) is 11.1 Å². The third kappa shape index (κ3) is 4.89. The molecule has 0 saturated heterocycles. The van der Waals surface area contributed by atoms with Gasteiger partial charge in [-0.1, -0.05) is 72.5 Å². The Balaban J connectivity index is 1.28. The number of alkyl carbamates (subject to hydrolysis) is 1. The average molecular weight is 433 g/mol. The lowest BCUT2D eigenvalue weighted by Crippen LogP contribution is -2.26. The lowest BCUT2D eigenvalue weighted by molar-refractivity contribution is -0.0500. The summed E-state index contributed by atoms with van der Waals surface area (Å²) in [5.74, 6) is 5.67. The van der Waals surface area contributed by atoms with E-state index >= 15 is 0 Å². The second-order valence-corrected chi connectivity index (χ2v) is 7.18. The third-order valence-electron chi connectivity index (χ3n) is 5.19. The standard InChI is InChI=1S/C26H21F2NO3/c27-25(28)32-24-15-6-1-9-18(24)10-7-8-16-29-26(30)31-17-23-21-13-4-2-11-19(21)20-12-3-5-14-22(20)23/h1-6,9,11-15,23,25H,8,16-17H2,(H,29,30). The highest BCUT2D eigenvalue weighted by molar-refractivity contribution is 5.79. The predicted molar refractivity (Wildman–Crippen MR) is 118 cm³/mol. The zero-order chi connectivity index (χ0) is 22.3. The summed E-state index contributed by atoms with van der Waals surface area (Å²) in [7, 11) is 0. The summed E-state index contributed by atoms with van der Waals surface area (Å²) in [6.45, 7) is -2.39. The van der Waals surface area contributed by atoms with Gasteiger partial charge in [0, 0.05) is 18.9 Å². The molecule has 4 nitrogen and oxygen atoms in total. The zero-order valence-corrected chi connectivity index (χ0v) is 17.2. The van der Waals surface area contributed by atoms with Crippen LogP contribution in [0.1, 0.15) is 29.0 Å². The monoisotopic (exact) mass is 433 g/mol. The van der Waals surface area contributed by atoms with E-state index in [1.165, 1.54) is 17.2 Å². The van der Waals surface area contributed by atoms with Crippen LogP contribution in [0, 0.1) is 11.8 Å². The minimum absolute atomic E-state index is 0.000668. The van der Waals surface area contributed by atoms with Crippen molar-refractivity contribution in [1.82, 2.24) is 5.32 Å². The molecule has 3 aromatic carbocycles. The molecule has 0 fully saturated rings. The van der Waals surface area contributed by atoms with Crippen molar-refractivity contribution in [3.8, 4) is 28.7 Å². The maximum absolute atomic E-state index is 12.4. The first-order valence-electron chi connectivity index (χ1n) is 10.2. The number of fused-ring (bicyclic) bond motifs is 3. The number of benzene rings is 3. The molecule has 1 amide bonds. The Kier molecular flexibility index (Phi) is 6.66. The van der Waals surface area contributed by atoms with Crippen molar-refractivity contribution in [1.29, 1.82) is 0 Å². The Morgan fingerprint density at radius 3 is 2.25 bits per heavy atom. The van der Waals surface area contributed by atoms with Gasteiger partial charge in [-0.15, -0.1) is 0 Å². The van der Waals surface area contributed by atoms with Gasteiger partial charge in [0.2, 0.25) is 0 Å². The van der Waals surface area contributed by atoms with Crippen molar-refractivity contribution < 1.29 is 23.0 Å². The number of rotatable bonds is 6. The van der Waals surface area contributed by atoms with E-state index in [2.05, 4.69) is 46.2 Å². The van der Waals surface area contributed by atoms with Gasteiger partial charge in [-0.2, -0.15) is 8.78 Å². The summed E-state index contributed by atoms with van der Waals surface area (Å²) in [6.07, 6.45) is -0.178. The molecule has 0 aliphatic heterocycles. The SMILES string of the molecule is O=C(NCCC#Cc1ccccc1OC(F)F)OCC1c2ccccc2-c2ccccc21. The van der Waals surface area contributed by atoms with Crippen LogP contribution < -0.4 is 10.1 Å². The molecule has 0 aromatic heterocycles. The number of halogens is 2. The van der Waals surface area contributed by atoms with E-state index in [9.17, 15) is 13.6 Å².